The van der Waals surface area contributed by atoms with Crippen LogP contribution in [-0.2, 0) is 16.0 Å². The molecule has 4 nitrogen and oxygen atoms in total. The molecule has 1 atom stereocenters. The lowest BCUT2D eigenvalue weighted by atomic mass is 10.1. The molecule has 0 saturated carbocycles. The molecular formula is C17H17NO3. The van der Waals surface area contributed by atoms with Crippen LogP contribution in [0.5, 0.6) is 5.75 Å². The van der Waals surface area contributed by atoms with E-state index in [4.69, 9.17) is 4.74 Å². The van der Waals surface area contributed by atoms with Gasteiger partial charge in [-0.05, 0) is 17.7 Å². The molecule has 21 heavy (non-hydrogen) atoms. The highest BCUT2D eigenvalue weighted by Gasteiger charge is 2.17. The summed E-state index contributed by atoms with van der Waals surface area (Å²) in [6.45, 7) is 0. The molecule has 2 aromatic rings. The maximum atomic E-state index is 11.8. The lowest BCUT2D eigenvalue weighted by molar-refractivity contribution is -0.142. The van der Waals surface area contributed by atoms with Crippen molar-refractivity contribution in [3.05, 3.63) is 65.7 Å². The average Bonchev–Trinajstić information content (AvgIpc) is 2.53. The van der Waals surface area contributed by atoms with Gasteiger partial charge < -0.3 is 9.84 Å². The second kappa shape index (κ2) is 7.24. The van der Waals surface area contributed by atoms with E-state index in [0.29, 0.717) is 12.0 Å². The Balaban J connectivity index is 2.17. The second-order valence-corrected chi connectivity index (χ2v) is 4.57. The van der Waals surface area contributed by atoms with Crippen molar-refractivity contribution in [2.24, 2.45) is 4.99 Å². The predicted molar refractivity (Wildman–Crippen MR) is 81.7 cm³/mol. The predicted octanol–water partition coefficient (Wildman–Crippen LogP) is 2.60. The topological polar surface area (TPSA) is 58.9 Å². The summed E-state index contributed by atoms with van der Waals surface area (Å²) >= 11 is 0. The number of rotatable bonds is 5. The summed E-state index contributed by atoms with van der Waals surface area (Å²) < 4.78 is 4.79. The summed E-state index contributed by atoms with van der Waals surface area (Å²) in [6, 6.07) is 15.8. The first-order chi connectivity index (χ1) is 10.2. The van der Waals surface area contributed by atoms with Crippen molar-refractivity contribution < 1.29 is 14.6 Å². The van der Waals surface area contributed by atoms with Crippen molar-refractivity contribution in [1.82, 2.24) is 0 Å². The zero-order valence-corrected chi connectivity index (χ0v) is 11.8. The molecule has 2 aromatic carbocycles. The van der Waals surface area contributed by atoms with Gasteiger partial charge in [-0.1, -0.05) is 42.5 Å². The van der Waals surface area contributed by atoms with E-state index in [1.165, 1.54) is 13.3 Å². The number of phenols is 1. The molecule has 2 rings (SSSR count). The van der Waals surface area contributed by atoms with Gasteiger partial charge in [0.1, 0.15) is 5.75 Å². The summed E-state index contributed by atoms with van der Waals surface area (Å²) in [5.41, 5.74) is 1.57. The second-order valence-electron chi connectivity index (χ2n) is 4.57. The van der Waals surface area contributed by atoms with Gasteiger partial charge >= 0.3 is 5.97 Å². The van der Waals surface area contributed by atoms with Crippen LogP contribution < -0.4 is 0 Å². The fourth-order valence-electron chi connectivity index (χ4n) is 1.94. The van der Waals surface area contributed by atoms with Gasteiger partial charge in [-0.25, -0.2) is 4.79 Å². The van der Waals surface area contributed by atoms with Crippen molar-refractivity contribution in [2.45, 2.75) is 12.5 Å². The van der Waals surface area contributed by atoms with Crippen molar-refractivity contribution in [3.8, 4) is 5.75 Å². The number of ether oxygens (including phenoxy) is 1. The lowest BCUT2D eigenvalue weighted by Gasteiger charge is -2.10. The normalized spacial score (nSPS) is 12.2. The number of carbonyl (C=O) groups is 1. The quantitative estimate of drug-likeness (QED) is 0.678. The number of aliphatic imine (C=N–C) groups is 1. The number of phenolic OH excluding ortho intramolecular Hbond substituents is 1. The highest BCUT2D eigenvalue weighted by Crippen LogP contribution is 2.14. The van der Waals surface area contributed by atoms with Crippen LogP contribution in [-0.4, -0.2) is 30.4 Å². The zero-order valence-electron chi connectivity index (χ0n) is 11.8. The number of para-hydroxylation sites is 1. The number of benzene rings is 2. The zero-order chi connectivity index (χ0) is 15.1. The van der Waals surface area contributed by atoms with Gasteiger partial charge in [-0.2, -0.15) is 0 Å². The smallest absolute Gasteiger partial charge is 0.330 e. The first kappa shape index (κ1) is 14.8. The van der Waals surface area contributed by atoms with E-state index in [0.717, 1.165) is 5.56 Å². The summed E-state index contributed by atoms with van der Waals surface area (Å²) in [4.78, 5) is 16.1. The summed E-state index contributed by atoms with van der Waals surface area (Å²) in [7, 11) is 1.34. The molecule has 108 valence electrons. The molecule has 4 heteroatoms. The number of aromatic hydroxyl groups is 1. The van der Waals surface area contributed by atoms with Crippen LogP contribution in [0.2, 0.25) is 0 Å². The van der Waals surface area contributed by atoms with E-state index in [9.17, 15) is 9.90 Å². The molecule has 0 amide bonds. The molecule has 0 aromatic heterocycles. The van der Waals surface area contributed by atoms with E-state index in [1.807, 2.05) is 30.3 Å². The Hall–Kier alpha value is -2.62. The lowest BCUT2D eigenvalue weighted by Crippen LogP contribution is -2.23. The Morgan fingerprint density at radius 1 is 1.19 bits per heavy atom. The molecule has 0 aliphatic heterocycles. The van der Waals surface area contributed by atoms with Gasteiger partial charge in [0, 0.05) is 18.2 Å². The number of methoxy groups -OCH3 is 1. The number of hydrogen-bond donors (Lipinski definition) is 1. The Morgan fingerprint density at radius 3 is 2.52 bits per heavy atom. The van der Waals surface area contributed by atoms with Crippen LogP contribution in [0.3, 0.4) is 0 Å². The maximum absolute atomic E-state index is 11.8. The third-order valence-electron chi connectivity index (χ3n) is 3.08. The van der Waals surface area contributed by atoms with Crippen molar-refractivity contribution >= 4 is 12.2 Å². The minimum absolute atomic E-state index is 0.129. The third kappa shape index (κ3) is 4.18. The molecule has 0 unspecified atom stereocenters. The van der Waals surface area contributed by atoms with Crippen LogP contribution >= 0.6 is 0 Å². The van der Waals surface area contributed by atoms with E-state index in [2.05, 4.69) is 4.99 Å². The van der Waals surface area contributed by atoms with E-state index < -0.39 is 12.0 Å². The summed E-state index contributed by atoms with van der Waals surface area (Å²) in [5, 5.41) is 9.70. The highest BCUT2D eigenvalue weighted by molar-refractivity contribution is 5.86. The minimum Gasteiger partial charge on any atom is -0.507 e. The maximum Gasteiger partial charge on any atom is 0.330 e. The van der Waals surface area contributed by atoms with E-state index in [-0.39, 0.29) is 5.75 Å². The van der Waals surface area contributed by atoms with Gasteiger partial charge in [-0.3, -0.25) is 4.99 Å². The molecule has 0 fully saturated rings. The van der Waals surface area contributed by atoms with Crippen LogP contribution in [0.25, 0.3) is 0 Å². The molecule has 0 radical (unpaired) electrons. The van der Waals surface area contributed by atoms with Gasteiger partial charge in [0.2, 0.25) is 0 Å². The first-order valence-electron chi connectivity index (χ1n) is 6.63. The Labute approximate surface area is 123 Å². The Morgan fingerprint density at radius 2 is 1.86 bits per heavy atom. The van der Waals surface area contributed by atoms with Gasteiger partial charge in [0.25, 0.3) is 0 Å². The van der Waals surface area contributed by atoms with E-state index in [1.54, 1.807) is 24.3 Å². The molecule has 0 aliphatic rings. The van der Waals surface area contributed by atoms with E-state index >= 15 is 0 Å². The standard InChI is InChI=1S/C17H17NO3/c1-21-17(20)15(11-13-7-3-2-4-8-13)18-12-14-9-5-6-10-16(14)19/h2-10,12,15,19H,11H2,1H3/t15-/m0/s1. The Kier molecular flexibility index (Phi) is 5.10. The van der Waals surface area contributed by atoms with Crippen LogP contribution in [0, 0.1) is 0 Å². The highest BCUT2D eigenvalue weighted by atomic mass is 16.5. The Bertz CT molecular complexity index is 623. The summed E-state index contributed by atoms with van der Waals surface area (Å²) in [6.07, 6.45) is 1.96. The molecule has 0 heterocycles. The van der Waals surface area contributed by atoms with Crippen LogP contribution in [0.1, 0.15) is 11.1 Å². The molecule has 1 N–H and O–H groups in total. The van der Waals surface area contributed by atoms with Gasteiger partial charge in [0.05, 0.1) is 7.11 Å². The van der Waals surface area contributed by atoms with Gasteiger partial charge in [-0.15, -0.1) is 0 Å². The van der Waals surface area contributed by atoms with Gasteiger partial charge in [0.15, 0.2) is 6.04 Å². The molecular weight excluding hydrogens is 266 g/mol. The van der Waals surface area contributed by atoms with Crippen LogP contribution in [0.4, 0.5) is 0 Å². The summed E-state index contributed by atoms with van der Waals surface area (Å²) in [5.74, 6) is -0.268. The average molecular weight is 283 g/mol. The number of carbonyl (C=O) groups excluding carboxylic acids is 1. The minimum atomic E-state index is -0.628. The molecule has 0 bridgehead atoms. The first-order valence-corrected chi connectivity index (χ1v) is 6.63. The third-order valence-corrected chi connectivity index (χ3v) is 3.08. The SMILES string of the molecule is COC(=O)[C@H](Cc1ccccc1)N=Cc1ccccc1O. The molecule has 0 spiro atoms. The van der Waals surface area contributed by atoms with Crippen molar-refractivity contribution in [3.63, 3.8) is 0 Å². The number of esters is 1. The molecule has 0 saturated heterocycles. The van der Waals surface area contributed by atoms with Crippen molar-refractivity contribution in [2.75, 3.05) is 7.11 Å². The molecule has 0 aliphatic carbocycles. The monoisotopic (exact) mass is 283 g/mol. The van der Waals surface area contributed by atoms with Crippen molar-refractivity contribution in [1.29, 1.82) is 0 Å². The number of hydrogen-bond acceptors (Lipinski definition) is 4. The van der Waals surface area contributed by atoms with Crippen LogP contribution in [0.15, 0.2) is 59.6 Å². The fraction of sp³-hybridized carbons (Fsp3) is 0.176. The number of nitrogens with zero attached hydrogens (tertiary/aromatic N) is 1. The largest absolute Gasteiger partial charge is 0.507 e. The fourth-order valence-corrected chi connectivity index (χ4v) is 1.94.